The molecule has 3 aromatic rings. The van der Waals surface area contributed by atoms with Crippen LogP contribution in [0, 0.1) is 5.82 Å². The van der Waals surface area contributed by atoms with Gasteiger partial charge < -0.3 is 23.5 Å². The molecule has 0 atom stereocenters. The van der Waals surface area contributed by atoms with Gasteiger partial charge in [0, 0.05) is 38.3 Å². The first-order chi connectivity index (χ1) is 16.1. The lowest BCUT2D eigenvalue weighted by atomic mass is 10.1. The molecular weight excluding hydrogens is 427 g/mol. The van der Waals surface area contributed by atoms with Gasteiger partial charge in [0.1, 0.15) is 35.4 Å². The maximum Gasteiger partial charge on any atom is 0.289 e. The van der Waals surface area contributed by atoms with Crippen LogP contribution in [0.25, 0.3) is 0 Å². The fourth-order valence-electron chi connectivity index (χ4n) is 3.77. The number of nitrogens with zero attached hydrogens (tertiary/aromatic N) is 2. The van der Waals surface area contributed by atoms with Gasteiger partial charge in [0.15, 0.2) is 5.76 Å². The van der Waals surface area contributed by atoms with Crippen molar-refractivity contribution in [3.05, 3.63) is 77.5 Å². The first-order valence-corrected chi connectivity index (χ1v) is 10.8. The normalized spacial score (nSPS) is 14.2. The lowest BCUT2D eigenvalue weighted by Crippen LogP contribution is -2.48. The Bertz CT molecular complexity index is 1070. The van der Waals surface area contributed by atoms with Crippen molar-refractivity contribution in [2.75, 3.05) is 40.4 Å². The molecule has 1 fully saturated rings. The van der Waals surface area contributed by atoms with Gasteiger partial charge in [0.25, 0.3) is 5.91 Å². The molecule has 1 amide bonds. The minimum absolute atomic E-state index is 0.137. The monoisotopic (exact) mass is 454 g/mol. The minimum Gasteiger partial charge on any atom is -0.497 e. The second-order valence-electron chi connectivity index (χ2n) is 7.75. The minimum atomic E-state index is -0.323. The van der Waals surface area contributed by atoms with E-state index in [4.69, 9.17) is 18.6 Å². The molecule has 0 spiro atoms. The van der Waals surface area contributed by atoms with Crippen LogP contribution in [0.4, 0.5) is 4.39 Å². The van der Waals surface area contributed by atoms with E-state index in [-0.39, 0.29) is 24.1 Å². The quantitative estimate of drug-likeness (QED) is 0.513. The number of methoxy groups -OCH3 is 2. The lowest BCUT2D eigenvalue weighted by molar-refractivity contribution is 0.0593. The van der Waals surface area contributed by atoms with E-state index in [1.165, 1.54) is 12.1 Å². The molecule has 0 saturated carbocycles. The first-order valence-electron chi connectivity index (χ1n) is 10.8. The molecule has 0 aliphatic carbocycles. The van der Waals surface area contributed by atoms with Gasteiger partial charge in [-0.2, -0.15) is 0 Å². The summed E-state index contributed by atoms with van der Waals surface area (Å²) in [6.45, 7) is 3.57. The molecule has 8 heteroatoms. The molecule has 0 N–H and O–H groups in total. The Hall–Kier alpha value is -3.52. The highest BCUT2D eigenvalue weighted by Gasteiger charge is 2.25. The number of hydrogen-bond donors (Lipinski definition) is 0. The highest BCUT2D eigenvalue weighted by Crippen LogP contribution is 2.26. The number of rotatable bonds is 8. The zero-order valence-electron chi connectivity index (χ0n) is 18.8. The van der Waals surface area contributed by atoms with Crippen LogP contribution in [-0.4, -0.2) is 56.1 Å². The van der Waals surface area contributed by atoms with Crippen molar-refractivity contribution in [1.82, 2.24) is 9.80 Å². The zero-order chi connectivity index (χ0) is 23.2. The van der Waals surface area contributed by atoms with E-state index in [1.54, 1.807) is 43.4 Å². The fourth-order valence-corrected chi connectivity index (χ4v) is 3.77. The Morgan fingerprint density at radius 1 is 0.939 bits per heavy atom. The summed E-state index contributed by atoms with van der Waals surface area (Å²) in [5.41, 5.74) is 1.05. The summed E-state index contributed by atoms with van der Waals surface area (Å²) < 4.78 is 35.1. The molecular formula is C25H27FN2O5. The predicted molar refractivity (Wildman–Crippen MR) is 120 cm³/mol. The average Bonchev–Trinajstić information content (AvgIpc) is 3.33. The highest BCUT2D eigenvalue weighted by atomic mass is 19.1. The summed E-state index contributed by atoms with van der Waals surface area (Å²) in [6, 6.07) is 14.9. The summed E-state index contributed by atoms with van der Waals surface area (Å²) in [5, 5.41) is 0. The topological polar surface area (TPSA) is 64.4 Å². The molecule has 1 saturated heterocycles. The lowest BCUT2D eigenvalue weighted by Gasteiger charge is -2.34. The number of hydrogen-bond acceptors (Lipinski definition) is 6. The molecule has 1 aromatic heterocycles. The molecule has 1 aliphatic rings. The van der Waals surface area contributed by atoms with Crippen molar-refractivity contribution in [2.45, 2.75) is 13.2 Å². The molecule has 4 rings (SSSR count). The Morgan fingerprint density at radius 3 is 2.36 bits per heavy atom. The Labute approximate surface area is 192 Å². The number of piperazine rings is 1. The standard InChI is InChI=1S/C25H27FN2O5/c1-30-21-7-9-23(31-2)18(15-21)16-27-11-13-28(14-12-27)25(29)24-10-8-22(33-24)17-32-20-5-3-19(26)4-6-20/h3-10,15H,11-14,16-17H2,1-2H3. The molecule has 0 bridgehead atoms. The predicted octanol–water partition coefficient (Wildman–Crippen LogP) is 3.97. The van der Waals surface area contributed by atoms with Gasteiger partial charge in [-0.3, -0.25) is 9.69 Å². The molecule has 0 unspecified atom stereocenters. The number of carbonyl (C=O) groups excluding carboxylic acids is 1. The maximum atomic E-state index is 13.0. The van der Waals surface area contributed by atoms with Gasteiger partial charge in [-0.25, -0.2) is 4.39 Å². The van der Waals surface area contributed by atoms with Gasteiger partial charge in [0.05, 0.1) is 14.2 Å². The van der Waals surface area contributed by atoms with E-state index in [0.29, 0.717) is 31.1 Å². The Balaban J connectivity index is 1.29. The highest BCUT2D eigenvalue weighted by molar-refractivity contribution is 5.91. The van der Waals surface area contributed by atoms with Gasteiger partial charge in [0.2, 0.25) is 0 Å². The molecule has 2 heterocycles. The van der Waals surface area contributed by atoms with Crippen molar-refractivity contribution >= 4 is 5.91 Å². The molecule has 1 aliphatic heterocycles. The van der Waals surface area contributed by atoms with E-state index >= 15 is 0 Å². The van der Waals surface area contributed by atoms with Gasteiger partial charge >= 0.3 is 0 Å². The number of benzene rings is 2. The van der Waals surface area contributed by atoms with E-state index in [2.05, 4.69) is 4.90 Å². The van der Waals surface area contributed by atoms with E-state index in [1.807, 2.05) is 18.2 Å². The van der Waals surface area contributed by atoms with Gasteiger partial charge in [-0.15, -0.1) is 0 Å². The van der Waals surface area contributed by atoms with Crippen LogP contribution >= 0.6 is 0 Å². The third-order valence-electron chi connectivity index (χ3n) is 5.61. The zero-order valence-corrected chi connectivity index (χ0v) is 18.8. The summed E-state index contributed by atoms with van der Waals surface area (Å²) in [5.74, 6) is 2.50. The van der Waals surface area contributed by atoms with E-state index in [0.717, 1.165) is 30.2 Å². The molecule has 2 aromatic carbocycles. The van der Waals surface area contributed by atoms with Crippen molar-refractivity contribution in [1.29, 1.82) is 0 Å². The molecule has 174 valence electrons. The van der Waals surface area contributed by atoms with E-state index in [9.17, 15) is 9.18 Å². The van der Waals surface area contributed by atoms with Crippen LogP contribution in [0.5, 0.6) is 17.2 Å². The number of carbonyl (C=O) groups is 1. The van der Waals surface area contributed by atoms with Crippen molar-refractivity contribution in [3.8, 4) is 17.2 Å². The summed E-state index contributed by atoms with van der Waals surface area (Å²) in [4.78, 5) is 16.9. The SMILES string of the molecule is COc1ccc(OC)c(CN2CCN(C(=O)c3ccc(COc4ccc(F)cc4)o3)CC2)c1. The van der Waals surface area contributed by atoms with Crippen LogP contribution in [-0.2, 0) is 13.2 Å². The van der Waals surface area contributed by atoms with Crippen molar-refractivity contribution in [2.24, 2.45) is 0 Å². The van der Waals surface area contributed by atoms with Crippen LogP contribution in [0.1, 0.15) is 21.9 Å². The molecule has 7 nitrogen and oxygen atoms in total. The van der Waals surface area contributed by atoms with Crippen LogP contribution < -0.4 is 14.2 Å². The van der Waals surface area contributed by atoms with E-state index < -0.39 is 0 Å². The van der Waals surface area contributed by atoms with Crippen LogP contribution in [0.15, 0.2) is 59.0 Å². The summed E-state index contributed by atoms with van der Waals surface area (Å²) >= 11 is 0. The number of ether oxygens (including phenoxy) is 3. The fraction of sp³-hybridized carbons (Fsp3) is 0.320. The Kier molecular flexibility index (Phi) is 7.14. The second-order valence-corrected chi connectivity index (χ2v) is 7.75. The third-order valence-corrected chi connectivity index (χ3v) is 5.61. The Morgan fingerprint density at radius 2 is 1.67 bits per heavy atom. The number of furan rings is 1. The van der Waals surface area contributed by atoms with Crippen LogP contribution in [0.3, 0.4) is 0 Å². The summed E-state index contributed by atoms with van der Waals surface area (Å²) in [6.07, 6.45) is 0. The second kappa shape index (κ2) is 10.4. The van der Waals surface area contributed by atoms with Gasteiger partial charge in [-0.1, -0.05) is 0 Å². The number of halogens is 1. The largest absolute Gasteiger partial charge is 0.497 e. The third kappa shape index (κ3) is 5.64. The smallest absolute Gasteiger partial charge is 0.289 e. The van der Waals surface area contributed by atoms with Gasteiger partial charge in [-0.05, 0) is 54.6 Å². The summed E-state index contributed by atoms with van der Waals surface area (Å²) in [7, 11) is 3.30. The maximum absolute atomic E-state index is 13.0. The first kappa shape index (κ1) is 22.7. The van der Waals surface area contributed by atoms with Crippen LogP contribution in [0.2, 0.25) is 0 Å². The average molecular weight is 454 g/mol. The van der Waals surface area contributed by atoms with Crippen molar-refractivity contribution in [3.63, 3.8) is 0 Å². The molecule has 0 radical (unpaired) electrons. The van der Waals surface area contributed by atoms with Crippen molar-refractivity contribution < 1.29 is 27.8 Å². The molecule has 33 heavy (non-hydrogen) atoms. The number of amides is 1.